The first-order valence-electron chi connectivity index (χ1n) is 9.50. The number of nitrogens with one attached hydrogen (secondary N) is 1. The Bertz CT molecular complexity index is 1120. The predicted octanol–water partition coefficient (Wildman–Crippen LogP) is 2.59. The molecule has 0 aliphatic carbocycles. The van der Waals surface area contributed by atoms with Crippen molar-refractivity contribution in [3.8, 4) is 0 Å². The topological polar surface area (TPSA) is 163 Å². The third-order valence-corrected chi connectivity index (χ3v) is 4.89. The normalized spacial score (nSPS) is 16.4. The molecule has 0 aliphatic heterocycles. The average Bonchev–Trinajstić information content (AvgIpc) is 2.83. The summed E-state index contributed by atoms with van der Waals surface area (Å²) in [5, 5.41) is 38.9. The van der Waals surface area contributed by atoms with Crippen LogP contribution in [0.25, 0.3) is 0 Å². The summed E-state index contributed by atoms with van der Waals surface area (Å²) in [4.78, 5) is 36.3. The van der Waals surface area contributed by atoms with E-state index in [2.05, 4.69) is 14.2 Å². The van der Waals surface area contributed by atoms with Crippen LogP contribution in [0, 0.1) is 5.41 Å². The first-order chi connectivity index (χ1) is 16.6. The highest BCUT2D eigenvalue weighted by atomic mass is 35.6. The van der Waals surface area contributed by atoms with Gasteiger partial charge in [0.1, 0.15) is 0 Å². The van der Waals surface area contributed by atoms with E-state index in [9.17, 15) is 34.1 Å². The first kappa shape index (κ1) is 29.4. The van der Waals surface area contributed by atoms with Crippen LogP contribution in [0.5, 0.6) is 0 Å². The lowest BCUT2D eigenvalue weighted by Gasteiger charge is -2.40. The van der Waals surface area contributed by atoms with Crippen molar-refractivity contribution >= 4 is 58.7 Å². The van der Waals surface area contributed by atoms with E-state index in [-0.39, 0.29) is 5.56 Å². The van der Waals surface area contributed by atoms with Crippen LogP contribution < -0.4 is 0 Å². The molecular weight excluding hydrogens is 555 g/mol. The molecule has 0 aliphatic rings. The molecule has 0 amide bonds. The van der Waals surface area contributed by atoms with Crippen molar-refractivity contribution in [1.82, 2.24) is 0 Å². The molecule has 0 saturated carbocycles. The van der Waals surface area contributed by atoms with Crippen LogP contribution in [0.15, 0.2) is 60.7 Å². The Morgan fingerprint density at radius 2 is 1.31 bits per heavy atom. The average molecular weight is 571 g/mol. The van der Waals surface area contributed by atoms with E-state index in [1.165, 1.54) is 48.5 Å². The van der Waals surface area contributed by atoms with Crippen molar-refractivity contribution in [2.45, 2.75) is 27.8 Å². The van der Waals surface area contributed by atoms with Crippen LogP contribution in [0.1, 0.15) is 20.7 Å². The third-order valence-electron chi connectivity index (χ3n) is 4.38. The van der Waals surface area contributed by atoms with Crippen LogP contribution in [-0.2, 0) is 19.0 Å². The Morgan fingerprint density at radius 1 is 0.861 bits per heavy atom. The monoisotopic (exact) mass is 569 g/mol. The molecule has 4 atom stereocenters. The molecule has 4 N–H and O–H groups in total. The SMILES string of the molecule is N=C(O[C@@](F)(C(=O)F)[C@@](O)(OC(=O)c1ccccc1)[C@H](O)C(O)OC(=O)c1ccccc1)C(Cl)(Cl)Cl. The smallest absolute Gasteiger partial charge is 0.408 e. The summed E-state index contributed by atoms with van der Waals surface area (Å²) in [5.41, 5.74) is -0.625. The van der Waals surface area contributed by atoms with E-state index < -0.39 is 57.3 Å². The standard InChI is InChI=1S/C21H16Cl3F2NO9/c22-21(23,24)18(27)36-19(26,17(25)32)20(33,35-15(30)12-9-5-2-6-10-12)13(28)16(31)34-14(29)11-7-3-1-4-8-11/h1-10,13,16,27-28,31,33H/t13-,16?,19+,20+/m1/s1. The number of hydrogen-bond donors (Lipinski definition) is 4. The number of esters is 2. The van der Waals surface area contributed by atoms with E-state index in [0.717, 1.165) is 12.1 Å². The van der Waals surface area contributed by atoms with Crippen molar-refractivity contribution in [2.24, 2.45) is 0 Å². The molecule has 0 spiro atoms. The van der Waals surface area contributed by atoms with Gasteiger partial charge in [0, 0.05) is 0 Å². The number of hydrogen-bond acceptors (Lipinski definition) is 10. The largest absolute Gasteiger partial charge is 0.429 e. The Kier molecular flexibility index (Phi) is 9.34. The fraction of sp³-hybridized carbons (Fsp3) is 0.238. The minimum absolute atomic E-state index is 0.198. The molecule has 0 bridgehead atoms. The number of carbonyl (C=O) groups excluding carboxylic acids is 3. The molecule has 2 aromatic carbocycles. The van der Waals surface area contributed by atoms with Crippen molar-refractivity contribution < 1.29 is 52.7 Å². The maximum absolute atomic E-state index is 15.7. The number of halogens is 5. The van der Waals surface area contributed by atoms with Crippen molar-refractivity contribution in [1.29, 1.82) is 5.41 Å². The van der Waals surface area contributed by atoms with Gasteiger partial charge in [-0.3, -0.25) is 10.2 Å². The summed E-state index contributed by atoms with van der Waals surface area (Å²) in [5.74, 6) is -14.4. The molecule has 0 saturated heterocycles. The van der Waals surface area contributed by atoms with Gasteiger partial charge >= 0.3 is 29.6 Å². The Balaban J connectivity index is 2.52. The second-order valence-electron chi connectivity index (χ2n) is 6.86. The second-order valence-corrected chi connectivity index (χ2v) is 9.14. The van der Waals surface area contributed by atoms with Crippen molar-refractivity contribution in [2.75, 3.05) is 0 Å². The van der Waals surface area contributed by atoms with E-state index in [4.69, 9.17) is 40.2 Å². The van der Waals surface area contributed by atoms with E-state index in [0.29, 0.717) is 0 Å². The second kappa shape index (κ2) is 11.5. The highest BCUT2D eigenvalue weighted by Gasteiger charge is 2.71. The molecule has 0 heterocycles. The number of rotatable bonds is 9. The molecule has 194 valence electrons. The fourth-order valence-electron chi connectivity index (χ4n) is 2.55. The zero-order chi connectivity index (χ0) is 27.3. The molecule has 1 unspecified atom stereocenters. The summed E-state index contributed by atoms with van der Waals surface area (Å²) in [6, 6.07) is 9.59. The highest BCUT2D eigenvalue weighted by molar-refractivity contribution is 6.76. The fourth-order valence-corrected chi connectivity index (χ4v) is 2.67. The number of alkyl halides is 4. The molecule has 36 heavy (non-hydrogen) atoms. The van der Waals surface area contributed by atoms with Gasteiger partial charge in [0.05, 0.1) is 11.1 Å². The lowest BCUT2D eigenvalue weighted by molar-refractivity contribution is -0.359. The molecule has 0 fully saturated rings. The maximum atomic E-state index is 15.7. The van der Waals surface area contributed by atoms with Gasteiger partial charge in [0.25, 0.3) is 3.79 Å². The van der Waals surface area contributed by atoms with Crippen LogP contribution in [0.3, 0.4) is 0 Å². The van der Waals surface area contributed by atoms with Gasteiger partial charge < -0.3 is 29.5 Å². The van der Waals surface area contributed by atoms with Crippen molar-refractivity contribution in [3.63, 3.8) is 0 Å². The molecule has 15 heteroatoms. The summed E-state index contributed by atoms with van der Waals surface area (Å²) >= 11 is 16.0. The quantitative estimate of drug-likeness (QED) is 0.0886. The van der Waals surface area contributed by atoms with Crippen LogP contribution >= 0.6 is 34.8 Å². The first-order valence-corrected chi connectivity index (χ1v) is 10.6. The molecule has 0 aromatic heterocycles. The number of benzene rings is 2. The molecule has 2 aromatic rings. The van der Waals surface area contributed by atoms with Crippen LogP contribution in [-0.4, -0.2) is 67.0 Å². The zero-order valence-corrected chi connectivity index (χ0v) is 19.9. The summed E-state index contributed by atoms with van der Waals surface area (Å²) in [7, 11) is 0. The number of aliphatic hydroxyl groups is 3. The number of carbonyl (C=O) groups is 3. The molecule has 10 nitrogen and oxygen atoms in total. The van der Waals surface area contributed by atoms with Gasteiger partial charge in [0.2, 0.25) is 12.2 Å². The van der Waals surface area contributed by atoms with Gasteiger partial charge in [-0.2, -0.15) is 8.78 Å². The lowest BCUT2D eigenvalue weighted by atomic mass is 9.99. The van der Waals surface area contributed by atoms with Gasteiger partial charge in [-0.25, -0.2) is 9.59 Å². The van der Waals surface area contributed by atoms with Gasteiger partial charge in [-0.1, -0.05) is 71.2 Å². The minimum Gasteiger partial charge on any atom is -0.429 e. The summed E-state index contributed by atoms with van der Waals surface area (Å²) in [6.45, 7) is 0. The van der Waals surface area contributed by atoms with Gasteiger partial charge in [-0.05, 0) is 24.3 Å². The summed E-state index contributed by atoms with van der Waals surface area (Å²) in [6.07, 6.45) is -6.32. The van der Waals surface area contributed by atoms with Crippen LogP contribution in [0.4, 0.5) is 8.78 Å². The van der Waals surface area contributed by atoms with Crippen molar-refractivity contribution in [3.05, 3.63) is 71.8 Å². The van der Waals surface area contributed by atoms with E-state index >= 15 is 4.39 Å². The maximum Gasteiger partial charge on any atom is 0.408 e. The van der Waals surface area contributed by atoms with E-state index in [1.54, 1.807) is 0 Å². The Morgan fingerprint density at radius 3 is 1.72 bits per heavy atom. The van der Waals surface area contributed by atoms with Gasteiger partial charge in [0.15, 0.2) is 6.10 Å². The highest BCUT2D eigenvalue weighted by Crippen LogP contribution is 2.40. The Hall–Kier alpha value is -2.87. The van der Waals surface area contributed by atoms with Gasteiger partial charge in [-0.15, -0.1) is 0 Å². The molecule has 0 radical (unpaired) electrons. The van der Waals surface area contributed by atoms with Crippen LogP contribution in [0.2, 0.25) is 0 Å². The minimum atomic E-state index is -5.03. The number of ether oxygens (including phenoxy) is 3. The summed E-state index contributed by atoms with van der Waals surface area (Å²) < 4.78 is 39.8. The lowest BCUT2D eigenvalue weighted by Crippen LogP contribution is -2.69. The Labute approximate surface area is 216 Å². The number of aliphatic hydroxyl groups excluding tert-OH is 2. The molecule has 2 rings (SSSR count). The molecular formula is C21H16Cl3F2NO9. The zero-order valence-electron chi connectivity index (χ0n) is 17.6. The van der Waals surface area contributed by atoms with E-state index in [1.807, 2.05) is 0 Å². The predicted molar refractivity (Wildman–Crippen MR) is 120 cm³/mol. The third kappa shape index (κ3) is 6.46.